The summed E-state index contributed by atoms with van der Waals surface area (Å²) in [5.74, 6) is 0. The largest absolute Gasteiger partial charge is 0.327 e. The Morgan fingerprint density at radius 2 is 2.12 bits per heavy atom. The molecule has 1 aromatic carbocycles. The van der Waals surface area contributed by atoms with E-state index in [0.29, 0.717) is 6.54 Å². The summed E-state index contributed by atoms with van der Waals surface area (Å²) in [6.07, 6.45) is 3.97. The monoisotopic (exact) mass is 227 g/mol. The predicted molar refractivity (Wildman–Crippen MR) is 71.1 cm³/mol. The molecule has 0 radical (unpaired) electrons. The molecule has 17 heavy (non-hydrogen) atoms. The molecule has 1 heterocycles. The average molecular weight is 227 g/mol. The molecule has 1 aromatic heterocycles. The maximum Gasteiger partial charge on any atom is 0.0654 e. The van der Waals surface area contributed by atoms with Gasteiger partial charge in [-0.1, -0.05) is 24.3 Å². The first-order chi connectivity index (χ1) is 8.20. The van der Waals surface area contributed by atoms with Crippen LogP contribution in [0.2, 0.25) is 0 Å². The zero-order valence-electron chi connectivity index (χ0n) is 10.2. The molecule has 0 saturated carbocycles. The number of hydrogen-bond acceptors (Lipinski definition) is 2. The predicted octanol–water partition coefficient (Wildman–Crippen LogP) is 2.46. The highest BCUT2D eigenvalue weighted by molar-refractivity contribution is 5.53. The highest BCUT2D eigenvalue weighted by atomic mass is 15.3. The number of hydrogen-bond donors (Lipinski definition) is 1. The van der Waals surface area contributed by atoms with Gasteiger partial charge in [0.25, 0.3) is 0 Å². The van der Waals surface area contributed by atoms with Crippen LogP contribution in [0.25, 0.3) is 11.8 Å². The van der Waals surface area contributed by atoms with E-state index in [0.717, 1.165) is 22.6 Å². The van der Waals surface area contributed by atoms with Gasteiger partial charge in [-0.3, -0.25) is 0 Å². The molecule has 2 rings (SSSR count). The van der Waals surface area contributed by atoms with Crippen LogP contribution >= 0.6 is 0 Å². The van der Waals surface area contributed by atoms with Crippen molar-refractivity contribution in [2.24, 2.45) is 5.73 Å². The highest BCUT2D eigenvalue weighted by Crippen LogP contribution is 2.14. The van der Waals surface area contributed by atoms with Crippen molar-refractivity contribution in [1.82, 2.24) is 9.78 Å². The van der Waals surface area contributed by atoms with Crippen LogP contribution in [0, 0.1) is 13.8 Å². The maximum atomic E-state index is 5.45. The number of nitrogens with two attached hydrogens (primary N) is 1. The van der Waals surface area contributed by atoms with Crippen LogP contribution in [0.4, 0.5) is 0 Å². The van der Waals surface area contributed by atoms with E-state index in [9.17, 15) is 0 Å². The molecule has 0 atom stereocenters. The van der Waals surface area contributed by atoms with Crippen molar-refractivity contribution in [2.45, 2.75) is 13.8 Å². The zero-order valence-corrected chi connectivity index (χ0v) is 10.2. The third-order valence-electron chi connectivity index (χ3n) is 2.57. The SMILES string of the molecule is Cc1cc(C)n(-c2cccc(C=CCN)c2)n1. The molecule has 2 aromatic rings. The van der Waals surface area contributed by atoms with Gasteiger partial charge in [-0.05, 0) is 37.6 Å². The molecule has 0 aliphatic heterocycles. The molecule has 0 unspecified atom stereocenters. The average Bonchev–Trinajstić information content (AvgIpc) is 2.66. The van der Waals surface area contributed by atoms with Crippen LogP contribution in [-0.4, -0.2) is 16.3 Å². The van der Waals surface area contributed by atoms with Crippen molar-refractivity contribution in [3.8, 4) is 5.69 Å². The summed E-state index contributed by atoms with van der Waals surface area (Å²) >= 11 is 0. The number of rotatable bonds is 3. The zero-order chi connectivity index (χ0) is 12.3. The Bertz CT molecular complexity index is 538. The lowest BCUT2D eigenvalue weighted by molar-refractivity contribution is 0.833. The molecule has 0 aliphatic carbocycles. The van der Waals surface area contributed by atoms with E-state index in [2.05, 4.69) is 36.3 Å². The Hall–Kier alpha value is -1.87. The van der Waals surface area contributed by atoms with Crippen LogP contribution in [0.1, 0.15) is 17.0 Å². The lowest BCUT2D eigenvalue weighted by Gasteiger charge is -2.05. The van der Waals surface area contributed by atoms with Gasteiger partial charge < -0.3 is 5.73 Å². The summed E-state index contributed by atoms with van der Waals surface area (Å²) in [5, 5.41) is 4.47. The molecule has 0 fully saturated rings. The summed E-state index contributed by atoms with van der Waals surface area (Å²) in [4.78, 5) is 0. The third-order valence-corrected chi connectivity index (χ3v) is 2.57. The number of aromatic nitrogens is 2. The minimum Gasteiger partial charge on any atom is -0.327 e. The molecular weight excluding hydrogens is 210 g/mol. The first kappa shape index (κ1) is 11.6. The molecule has 0 spiro atoms. The van der Waals surface area contributed by atoms with Crippen LogP contribution in [0.15, 0.2) is 36.4 Å². The molecule has 3 heteroatoms. The highest BCUT2D eigenvalue weighted by Gasteiger charge is 2.03. The molecule has 0 aliphatic rings. The normalized spacial score (nSPS) is 11.2. The number of aryl methyl sites for hydroxylation is 2. The van der Waals surface area contributed by atoms with Gasteiger partial charge in [0, 0.05) is 12.2 Å². The topological polar surface area (TPSA) is 43.8 Å². The van der Waals surface area contributed by atoms with Crippen molar-refractivity contribution in [3.05, 3.63) is 53.4 Å². The quantitative estimate of drug-likeness (QED) is 0.875. The standard InChI is InChI=1S/C14H17N3/c1-11-9-12(2)17(16-11)14-7-3-5-13(10-14)6-4-8-15/h3-7,9-10H,8,15H2,1-2H3. The second-order valence-corrected chi connectivity index (χ2v) is 4.07. The second kappa shape index (κ2) is 4.97. The van der Waals surface area contributed by atoms with Gasteiger partial charge in [0.15, 0.2) is 0 Å². The summed E-state index contributed by atoms with van der Waals surface area (Å²) in [7, 11) is 0. The van der Waals surface area contributed by atoms with Crippen molar-refractivity contribution < 1.29 is 0 Å². The van der Waals surface area contributed by atoms with Gasteiger partial charge in [0.05, 0.1) is 11.4 Å². The van der Waals surface area contributed by atoms with E-state index >= 15 is 0 Å². The van der Waals surface area contributed by atoms with E-state index in [-0.39, 0.29) is 0 Å². The van der Waals surface area contributed by atoms with E-state index in [4.69, 9.17) is 5.73 Å². The summed E-state index contributed by atoms with van der Waals surface area (Å²) < 4.78 is 1.95. The van der Waals surface area contributed by atoms with E-state index in [1.54, 1.807) is 0 Å². The third kappa shape index (κ3) is 2.63. The van der Waals surface area contributed by atoms with Gasteiger partial charge in [0.1, 0.15) is 0 Å². The molecule has 3 nitrogen and oxygen atoms in total. The first-order valence-corrected chi connectivity index (χ1v) is 5.71. The molecule has 0 saturated heterocycles. The molecule has 0 amide bonds. The van der Waals surface area contributed by atoms with Crippen molar-refractivity contribution in [1.29, 1.82) is 0 Å². The smallest absolute Gasteiger partial charge is 0.0654 e. The Morgan fingerprint density at radius 1 is 1.29 bits per heavy atom. The van der Waals surface area contributed by atoms with Gasteiger partial charge in [-0.2, -0.15) is 5.10 Å². The van der Waals surface area contributed by atoms with Crippen LogP contribution in [-0.2, 0) is 0 Å². The van der Waals surface area contributed by atoms with Crippen LogP contribution in [0.5, 0.6) is 0 Å². The Morgan fingerprint density at radius 3 is 2.76 bits per heavy atom. The Labute approximate surface area is 102 Å². The number of nitrogens with zero attached hydrogens (tertiary/aromatic N) is 2. The number of benzene rings is 1. The maximum absolute atomic E-state index is 5.45. The first-order valence-electron chi connectivity index (χ1n) is 5.71. The Balaban J connectivity index is 2.39. The van der Waals surface area contributed by atoms with Crippen molar-refractivity contribution in [2.75, 3.05) is 6.54 Å². The van der Waals surface area contributed by atoms with E-state index in [1.165, 1.54) is 0 Å². The van der Waals surface area contributed by atoms with Gasteiger partial charge in [-0.25, -0.2) is 4.68 Å². The minimum absolute atomic E-state index is 0.560. The summed E-state index contributed by atoms with van der Waals surface area (Å²) in [6, 6.07) is 10.3. The fraction of sp³-hybridized carbons (Fsp3) is 0.214. The summed E-state index contributed by atoms with van der Waals surface area (Å²) in [6.45, 7) is 4.62. The fourth-order valence-corrected chi connectivity index (χ4v) is 1.85. The van der Waals surface area contributed by atoms with Crippen molar-refractivity contribution >= 4 is 6.08 Å². The second-order valence-electron chi connectivity index (χ2n) is 4.07. The van der Waals surface area contributed by atoms with Crippen LogP contribution in [0.3, 0.4) is 0 Å². The molecule has 0 bridgehead atoms. The molecular formula is C14H17N3. The lowest BCUT2D eigenvalue weighted by atomic mass is 10.2. The fourth-order valence-electron chi connectivity index (χ4n) is 1.85. The van der Waals surface area contributed by atoms with Gasteiger partial charge >= 0.3 is 0 Å². The van der Waals surface area contributed by atoms with E-state index < -0.39 is 0 Å². The van der Waals surface area contributed by atoms with Gasteiger partial charge in [-0.15, -0.1) is 0 Å². The molecule has 2 N–H and O–H groups in total. The van der Waals surface area contributed by atoms with E-state index in [1.807, 2.05) is 29.8 Å². The van der Waals surface area contributed by atoms with Crippen LogP contribution < -0.4 is 5.73 Å². The minimum atomic E-state index is 0.560. The van der Waals surface area contributed by atoms with Gasteiger partial charge in [0.2, 0.25) is 0 Å². The Kier molecular flexibility index (Phi) is 3.40. The van der Waals surface area contributed by atoms with Crippen molar-refractivity contribution in [3.63, 3.8) is 0 Å². The molecule has 88 valence electrons. The summed E-state index contributed by atoms with van der Waals surface area (Å²) in [5.41, 5.74) is 9.84. The lowest BCUT2D eigenvalue weighted by Crippen LogP contribution is -1.99.